The number of pyridine rings is 2. The molecule has 3 N–H and O–H groups in total. The molecule has 0 atom stereocenters. The third kappa shape index (κ3) is 4.37. The first-order valence-corrected chi connectivity index (χ1v) is 9.41. The molecule has 7 nitrogen and oxygen atoms in total. The molecular formula is C22H16ClN5O2. The number of halogens is 1. The number of hydrogen-bond donors (Lipinski definition) is 3. The van der Waals surface area contributed by atoms with E-state index in [2.05, 4.69) is 26.1 Å². The number of urea groups is 1. The van der Waals surface area contributed by atoms with Crippen molar-refractivity contribution >= 4 is 40.1 Å². The highest BCUT2D eigenvalue weighted by Gasteiger charge is 2.14. The van der Waals surface area contributed by atoms with E-state index in [1.165, 1.54) is 0 Å². The lowest BCUT2D eigenvalue weighted by molar-refractivity contribution is 0.0939. The van der Waals surface area contributed by atoms with Crippen LogP contribution in [0.25, 0.3) is 22.2 Å². The number of anilines is 1. The van der Waals surface area contributed by atoms with Gasteiger partial charge in [0.2, 0.25) is 0 Å². The van der Waals surface area contributed by atoms with Gasteiger partial charge in [0, 0.05) is 34.1 Å². The standard InChI is InChI=1S/C22H16ClN5O2/c23-15-7-9-16(10-8-15)25-22(30)28-27-21(29)18-12-20(14-4-3-11-24-13-14)26-19-6-2-1-5-17(18)19/h1-13H,(H,27,29)(H2,25,28,30). The van der Waals surface area contributed by atoms with E-state index in [1.54, 1.807) is 54.9 Å². The van der Waals surface area contributed by atoms with Crippen molar-refractivity contribution in [2.45, 2.75) is 0 Å². The van der Waals surface area contributed by atoms with Crippen LogP contribution in [-0.4, -0.2) is 21.9 Å². The molecule has 8 heteroatoms. The number of carbonyl (C=O) groups excluding carboxylic acids is 2. The molecule has 0 bridgehead atoms. The summed E-state index contributed by atoms with van der Waals surface area (Å²) in [5.74, 6) is -0.468. The Labute approximate surface area is 177 Å². The Morgan fingerprint density at radius 1 is 0.900 bits per heavy atom. The van der Waals surface area contributed by atoms with Crippen molar-refractivity contribution in [3.63, 3.8) is 0 Å². The van der Waals surface area contributed by atoms with Gasteiger partial charge in [0.25, 0.3) is 5.91 Å². The van der Waals surface area contributed by atoms with E-state index in [4.69, 9.17) is 11.6 Å². The van der Waals surface area contributed by atoms with Crippen LogP contribution in [0, 0.1) is 0 Å². The third-order valence-corrected chi connectivity index (χ3v) is 4.56. The van der Waals surface area contributed by atoms with Gasteiger partial charge in [-0.05, 0) is 48.5 Å². The summed E-state index contributed by atoms with van der Waals surface area (Å²) in [6, 6.07) is 18.7. The number of rotatable bonds is 3. The SMILES string of the molecule is O=C(NNC(=O)c1cc(-c2cccnc2)nc2ccccc12)Nc1ccc(Cl)cc1. The fourth-order valence-electron chi connectivity index (χ4n) is 2.90. The zero-order chi connectivity index (χ0) is 20.9. The van der Waals surface area contributed by atoms with Gasteiger partial charge in [-0.1, -0.05) is 29.8 Å². The molecule has 0 radical (unpaired) electrons. The Bertz CT molecular complexity index is 1210. The van der Waals surface area contributed by atoms with Crippen LogP contribution in [0.2, 0.25) is 5.02 Å². The molecule has 30 heavy (non-hydrogen) atoms. The van der Waals surface area contributed by atoms with Crippen LogP contribution >= 0.6 is 11.6 Å². The average molecular weight is 418 g/mol. The summed E-state index contributed by atoms with van der Waals surface area (Å²) >= 11 is 5.83. The number of nitrogens with one attached hydrogen (secondary N) is 3. The quantitative estimate of drug-likeness (QED) is 0.430. The smallest absolute Gasteiger partial charge is 0.307 e. The van der Waals surface area contributed by atoms with Gasteiger partial charge in [0.15, 0.2) is 0 Å². The van der Waals surface area contributed by atoms with Crippen LogP contribution in [0.5, 0.6) is 0 Å². The van der Waals surface area contributed by atoms with E-state index in [9.17, 15) is 9.59 Å². The predicted octanol–water partition coefficient (Wildman–Crippen LogP) is 4.42. The Hall–Kier alpha value is -3.97. The molecule has 0 saturated heterocycles. The van der Waals surface area contributed by atoms with Gasteiger partial charge in [-0.25, -0.2) is 15.2 Å². The lowest BCUT2D eigenvalue weighted by Crippen LogP contribution is -2.44. The van der Waals surface area contributed by atoms with Gasteiger partial charge < -0.3 is 5.32 Å². The van der Waals surface area contributed by atoms with Crippen LogP contribution in [-0.2, 0) is 0 Å². The van der Waals surface area contributed by atoms with Crippen molar-refractivity contribution in [3.8, 4) is 11.3 Å². The summed E-state index contributed by atoms with van der Waals surface area (Å²) in [4.78, 5) is 33.6. The van der Waals surface area contributed by atoms with Crippen LogP contribution in [0.15, 0.2) is 79.1 Å². The molecule has 0 aliphatic heterocycles. The number of carbonyl (C=O) groups is 2. The molecule has 0 aliphatic rings. The van der Waals surface area contributed by atoms with Crippen molar-refractivity contribution in [1.82, 2.24) is 20.8 Å². The highest BCUT2D eigenvalue weighted by molar-refractivity contribution is 6.30. The fourth-order valence-corrected chi connectivity index (χ4v) is 3.03. The van der Waals surface area contributed by atoms with E-state index in [0.717, 1.165) is 5.56 Å². The molecule has 4 rings (SSSR count). The average Bonchev–Trinajstić information content (AvgIpc) is 2.79. The summed E-state index contributed by atoms with van der Waals surface area (Å²) < 4.78 is 0. The second kappa shape index (κ2) is 8.59. The van der Waals surface area contributed by atoms with Crippen LogP contribution < -0.4 is 16.2 Å². The first kappa shape index (κ1) is 19.4. The maximum atomic E-state index is 12.8. The van der Waals surface area contributed by atoms with E-state index in [-0.39, 0.29) is 0 Å². The molecule has 4 aromatic rings. The summed E-state index contributed by atoms with van der Waals surface area (Å²) in [5.41, 5.74) is 7.76. The summed E-state index contributed by atoms with van der Waals surface area (Å²) in [5, 5.41) is 3.83. The molecule has 0 fully saturated rings. The Kier molecular flexibility index (Phi) is 5.54. The Balaban J connectivity index is 1.55. The number of benzene rings is 2. The van der Waals surface area contributed by atoms with Gasteiger partial charge in [-0.2, -0.15) is 0 Å². The van der Waals surface area contributed by atoms with Gasteiger partial charge in [0.1, 0.15) is 0 Å². The number of aromatic nitrogens is 2. The summed E-state index contributed by atoms with van der Waals surface area (Å²) in [7, 11) is 0. The summed E-state index contributed by atoms with van der Waals surface area (Å²) in [6.45, 7) is 0. The zero-order valence-electron chi connectivity index (χ0n) is 15.6. The maximum Gasteiger partial charge on any atom is 0.337 e. The summed E-state index contributed by atoms with van der Waals surface area (Å²) in [6.07, 6.45) is 3.35. The van der Waals surface area contributed by atoms with Crippen molar-refractivity contribution in [1.29, 1.82) is 0 Å². The minimum absolute atomic E-state index is 0.381. The van der Waals surface area contributed by atoms with Crippen LogP contribution in [0.4, 0.5) is 10.5 Å². The number of hydrazine groups is 1. The highest BCUT2D eigenvalue weighted by Crippen LogP contribution is 2.24. The number of amides is 3. The fraction of sp³-hybridized carbons (Fsp3) is 0. The number of hydrogen-bond acceptors (Lipinski definition) is 4. The second-order valence-corrected chi connectivity index (χ2v) is 6.79. The maximum absolute atomic E-state index is 12.8. The molecule has 0 spiro atoms. The van der Waals surface area contributed by atoms with E-state index in [1.807, 2.05) is 24.3 Å². The molecule has 3 amide bonds. The minimum atomic E-state index is -0.587. The van der Waals surface area contributed by atoms with Crippen molar-refractivity contribution in [3.05, 3.63) is 89.7 Å². The molecule has 2 aromatic heterocycles. The highest BCUT2D eigenvalue weighted by atomic mass is 35.5. The second-order valence-electron chi connectivity index (χ2n) is 6.35. The van der Waals surface area contributed by atoms with Crippen LogP contribution in [0.1, 0.15) is 10.4 Å². The van der Waals surface area contributed by atoms with Gasteiger partial charge in [0.05, 0.1) is 16.8 Å². The lowest BCUT2D eigenvalue weighted by atomic mass is 10.0. The molecule has 2 heterocycles. The van der Waals surface area contributed by atoms with Crippen molar-refractivity contribution in [2.24, 2.45) is 0 Å². The first-order chi connectivity index (χ1) is 14.6. The Morgan fingerprint density at radius 3 is 2.47 bits per heavy atom. The monoisotopic (exact) mass is 417 g/mol. The van der Waals surface area contributed by atoms with E-state index < -0.39 is 11.9 Å². The predicted molar refractivity (Wildman–Crippen MR) is 116 cm³/mol. The van der Waals surface area contributed by atoms with Crippen molar-refractivity contribution in [2.75, 3.05) is 5.32 Å². The zero-order valence-corrected chi connectivity index (χ0v) is 16.4. The lowest BCUT2D eigenvalue weighted by Gasteiger charge is -2.12. The first-order valence-electron chi connectivity index (χ1n) is 9.03. The minimum Gasteiger partial charge on any atom is -0.307 e. The van der Waals surface area contributed by atoms with Gasteiger partial charge in [-0.3, -0.25) is 15.2 Å². The van der Waals surface area contributed by atoms with Crippen LogP contribution in [0.3, 0.4) is 0 Å². The molecule has 0 aliphatic carbocycles. The number of nitrogens with zero attached hydrogens (tertiary/aromatic N) is 2. The van der Waals surface area contributed by atoms with E-state index in [0.29, 0.717) is 32.9 Å². The van der Waals surface area contributed by atoms with Gasteiger partial charge >= 0.3 is 6.03 Å². The third-order valence-electron chi connectivity index (χ3n) is 4.31. The van der Waals surface area contributed by atoms with Gasteiger partial charge in [-0.15, -0.1) is 0 Å². The molecule has 2 aromatic carbocycles. The van der Waals surface area contributed by atoms with Crippen molar-refractivity contribution < 1.29 is 9.59 Å². The molecule has 0 saturated carbocycles. The topological polar surface area (TPSA) is 96.0 Å². The molecule has 148 valence electrons. The largest absolute Gasteiger partial charge is 0.337 e. The molecular weight excluding hydrogens is 402 g/mol. The van der Waals surface area contributed by atoms with E-state index >= 15 is 0 Å². The number of fused-ring (bicyclic) bond motifs is 1. The normalized spacial score (nSPS) is 10.4. The Morgan fingerprint density at radius 2 is 1.70 bits per heavy atom. The molecule has 0 unspecified atom stereocenters. The number of para-hydroxylation sites is 1.